The van der Waals surface area contributed by atoms with Crippen molar-refractivity contribution in [2.75, 3.05) is 21.3 Å². The quantitative estimate of drug-likeness (QED) is 0.530. The maximum Gasteiger partial charge on any atom is 0.203 e. The number of hydrogen-bond donors (Lipinski definition) is 0. The largest absolute Gasteiger partial charge is 0.493 e. The van der Waals surface area contributed by atoms with Crippen molar-refractivity contribution in [3.8, 4) is 17.2 Å². The minimum absolute atomic E-state index is 0.0373. The lowest BCUT2D eigenvalue weighted by atomic mass is 10.1. The Balaban J connectivity index is 2.90. The molecule has 0 fully saturated rings. The third kappa shape index (κ3) is 3.98. The molecule has 0 aliphatic carbocycles. The molecule has 0 heterocycles. The van der Waals surface area contributed by atoms with Crippen LogP contribution in [0.2, 0.25) is 0 Å². The van der Waals surface area contributed by atoms with Crippen molar-refractivity contribution in [1.82, 2.24) is 0 Å². The van der Waals surface area contributed by atoms with Gasteiger partial charge in [-0.3, -0.25) is 4.79 Å². The Hall–Kier alpha value is -2.04. The minimum atomic E-state index is -0.0799. The normalized spacial score (nSPS) is 9.84. The van der Waals surface area contributed by atoms with Gasteiger partial charge in [-0.05, 0) is 24.1 Å². The molecule has 0 atom stereocenters. The Morgan fingerprint density at radius 1 is 1.11 bits per heavy atom. The molecule has 104 valence electrons. The summed E-state index contributed by atoms with van der Waals surface area (Å²) in [5.41, 5.74) is 0.897. The van der Waals surface area contributed by atoms with Crippen LogP contribution >= 0.6 is 0 Å². The van der Waals surface area contributed by atoms with Gasteiger partial charge in [0.15, 0.2) is 11.5 Å². The first-order valence-corrected chi connectivity index (χ1v) is 5.90. The van der Waals surface area contributed by atoms with Crippen molar-refractivity contribution in [3.05, 3.63) is 17.7 Å². The molecule has 1 aromatic rings. The van der Waals surface area contributed by atoms with Gasteiger partial charge in [0.1, 0.15) is 12.1 Å². The highest BCUT2D eigenvalue weighted by atomic mass is 16.5. The second kappa shape index (κ2) is 7.41. The first-order valence-electron chi connectivity index (χ1n) is 5.90. The summed E-state index contributed by atoms with van der Waals surface area (Å²) in [6, 6.07) is 3.60. The number of carbonyl (C=O) groups is 2. The van der Waals surface area contributed by atoms with Crippen molar-refractivity contribution in [2.24, 2.45) is 0 Å². The van der Waals surface area contributed by atoms with Crippen LogP contribution in [-0.2, 0) is 16.0 Å². The van der Waals surface area contributed by atoms with E-state index in [1.807, 2.05) is 0 Å². The van der Waals surface area contributed by atoms with Gasteiger partial charge in [0.2, 0.25) is 5.75 Å². The molecule has 0 amide bonds. The Morgan fingerprint density at radius 3 is 2.11 bits per heavy atom. The molecule has 0 N–H and O–H groups in total. The average Bonchev–Trinajstić information content (AvgIpc) is 2.44. The van der Waals surface area contributed by atoms with Gasteiger partial charge in [-0.15, -0.1) is 0 Å². The highest BCUT2D eigenvalue weighted by molar-refractivity contribution is 5.89. The summed E-state index contributed by atoms with van der Waals surface area (Å²) in [4.78, 5) is 21.6. The van der Waals surface area contributed by atoms with Crippen molar-refractivity contribution in [3.63, 3.8) is 0 Å². The van der Waals surface area contributed by atoms with E-state index >= 15 is 0 Å². The number of hydrogen-bond acceptors (Lipinski definition) is 5. The number of carbonyl (C=O) groups excluding carboxylic acids is 2. The van der Waals surface area contributed by atoms with Gasteiger partial charge in [-0.2, -0.15) is 0 Å². The van der Waals surface area contributed by atoms with Gasteiger partial charge < -0.3 is 19.0 Å². The van der Waals surface area contributed by atoms with E-state index in [4.69, 9.17) is 14.2 Å². The van der Waals surface area contributed by atoms with Crippen LogP contribution in [0.1, 0.15) is 18.4 Å². The van der Waals surface area contributed by atoms with Crippen LogP contribution in [0.4, 0.5) is 0 Å². The fourth-order valence-corrected chi connectivity index (χ4v) is 1.76. The highest BCUT2D eigenvalue weighted by Gasteiger charge is 2.13. The van der Waals surface area contributed by atoms with Crippen LogP contribution in [0.25, 0.3) is 0 Å². The number of ketones is 1. The maximum absolute atomic E-state index is 11.3. The van der Waals surface area contributed by atoms with Crippen molar-refractivity contribution in [2.45, 2.75) is 19.3 Å². The number of aldehydes is 1. The summed E-state index contributed by atoms with van der Waals surface area (Å²) in [6.07, 6.45) is 1.43. The molecule has 5 nitrogen and oxygen atoms in total. The van der Waals surface area contributed by atoms with Crippen LogP contribution in [0.3, 0.4) is 0 Å². The lowest BCUT2D eigenvalue weighted by molar-refractivity contribution is -0.122. The SMILES string of the molecule is COc1cc(CCC(=O)CC=O)cc(OC)c1OC. The highest BCUT2D eigenvalue weighted by Crippen LogP contribution is 2.38. The topological polar surface area (TPSA) is 61.8 Å². The molecule has 0 aliphatic rings. The predicted molar refractivity (Wildman–Crippen MR) is 70.1 cm³/mol. The summed E-state index contributed by atoms with van der Waals surface area (Å²) in [5.74, 6) is 1.55. The fraction of sp³-hybridized carbons (Fsp3) is 0.429. The third-order valence-corrected chi connectivity index (χ3v) is 2.73. The Bertz CT molecular complexity index is 428. The van der Waals surface area contributed by atoms with E-state index in [0.29, 0.717) is 36.4 Å². The molecule has 0 saturated carbocycles. The first-order chi connectivity index (χ1) is 9.15. The second-order valence-corrected chi connectivity index (χ2v) is 3.94. The Morgan fingerprint density at radius 2 is 1.68 bits per heavy atom. The van der Waals surface area contributed by atoms with E-state index < -0.39 is 0 Å². The summed E-state index contributed by atoms with van der Waals surface area (Å²) in [6.45, 7) is 0. The summed E-state index contributed by atoms with van der Waals surface area (Å²) in [5, 5.41) is 0. The van der Waals surface area contributed by atoms with E-state index in [0.717, 1.165) is 5.56 Å². The molecule has 0 unspecified atom stereocenters. The van der Waals surface area contributed by atoms with Crippen molar-refractivity contribution in [1.29, 1.82) is 0 Å². The standard InChI is InChI=1S/C14H18O5/c1-17-12-8-10(4-5-11(16)6-7-15)9-13(18-2)14(12)19-3/h7-9H,4-6H2,1-3H3. The molecule has 0 bridgehead atoms. The molecule has 0 aliphatic heterocycles. The zero-order valence-electron chi connectivity index (χ0n) is 11.4. The predicted octanol–water partition coefficient (Wildman–Crippen LogP) is 1.80. The number of ether oxygens (including phenoxy) is 3. The fourth-order valence-electron chi connectivity index (χ4n) is 1.76. The van der Waals surface area contributed by atoms with Crippen LogP contribution < -0.4 is 14.2 Å². The van der Waals surface area contributed by atoms with Gasteiger partial charge >= 0.3 is 0 Å². The number of aryl methyl sites for hydroxylation is 1. The van der Waals surface area contributed by atoms with Gasteiger partial charge in [0.05, 0.1) is 27.8 Å². The Kier molecular flexibility index (Phi) is 5.85. The lowest BCUT2D eigenvalue weighted by Crippen LogP contribution is -2.02. The molecule has 0 aromatic heterocycles. The Labute approximate surface area is 112 Å². The molecule has 0 spiro atoms. The van der Waals surface area contributed by atoms with Crippen LogP contribution in [-0.4, -0.2) is 33.4 Å². The van der Waals surface area contributed by atoms with Crippen LogP contribution in [0, 0.1) is 0 Å². The maximum atomic E-state index is 11.3. The monoisotopic (exact) mass is 266 g/mol. The summed E-state index contributed by atoms with van der Waals surface area (Å²) in [7, 11) is 4.62. The van der Waals surface area contributed by atoms with E-state index in [-0.39, 0.29) is 12.2 Å². The molecular weight excluding hydrogens is 248 g/mol. The average molecular weight is 266 g/mol. The number of Topliss-reactive ketones (excluding diaryl/α,β-unsaturated/α-hetero) is 1. The molecule has 1 rings (SSSR count). The molecule has 1 aromatic carbocycles. The van der Waals surface area contributed by atoms with E-state index in [2.05, 4.69) is 0 Å². The smallest absolute Gasteiger partial charge is 0.203 e. The second-order valence-electron chi connectivity index (χ2n) is 3.94. The zero-order chi connectivity index (χ0) is 14.3. The summed E-state index contributed by atoms with van der Waals surface area (Å²) < 4.78 is 15.7. The molecule has 0 saturated heterocycles. The van der Waals surface area contributed by atoms with Gasteiger partial charge in [0.25, 0.3) is 0 Å². The van der Waals surface area contributed by atoms with Gasteiger partial charge in [-0.1, -0.05) is 0 Å². The lowest BCUT2D eigenvalue weighted by Gasteiger charge is -2.13. The van der Waals surface area contributed by atoms with Gasteiger partial charge in [-0.25, -0.2) is 0 Å². The molecule has 0 radical (unpaired) electrons. The number of methoxy groups -OCH3 is 3. The van der Waals surface area contributed by atoms with E-state index in [1.54, 1.807) is 26.4 Å². The van der Waals surface area contributed by atoms with Gasteiger partial charge in [0, 0.05) is 6.42 Å². The van der Waals surface area contributed by atoms with Crippen molar-refractivity contribution >= 4 is 12.1 Å². The molecule has 19 heavy (non-hydrogen) atoms. The minimum Gasteiger partial charge on any atom is -0.493 e. The number of rotatable bonds is 8. The first kappa shape index (κ1) is 15.0. The van der Waals surface area contributed by atoms with Crippen LogP contribution in [0.5, 0.6) is 17.2 Å². The van der Waals surface area contributed by atoms with E-state index in [1.165, 1.54) is 7.11 Å². The summed E-state index contributed by atoms with van der Waals surface area (Å²) >= 11 is 0. The third-order valence-electron chi connectivity index (χ3n) is 2.73. The zero-order valence-corrected chi connectivity index (χ0v) is 11.4. The molecular formula is C14H18O5. The van der Waals surface area contributed by atoms with Crippen LogP contribution in [0.15, 0.2) is 12.1 Å². The van der Waals surface area contributed by atoms with Crippen molar-refractivity contribution < 1.29 is 23.8 Å². The molecule has 5 heteroatoms. The van der Waals surface area contributed by atoms with E-state index in [9.17, 15) is 9.59 Å². The number of benzene rings is 1.